The van der Waals surface area contributed by atoms with E-state index in [2.05, 4.69) is 20.8 Å². The molecule has 6 nitrogen and oxygen atoms in total. The van der Waals surface area contributed by atoms with Crippen LogP contribution in [0.4, 0.5) is 0 Å². The molecule has 0 aliphatic heterocycles. The first-order valence-corrected chi connectivity index (χ1v) is 14.7. The van der Waals surface area contributed by atoms with Crippen LogP contribution in [0, 0.1) is 13.2 Å². The maximum Gasteiger partial charge on any atom is 0.373 e. The lowest BCUT2D eigenvalue weighted by atomic mass is 10.1. The molecule has 2 aromatic carbocycles. The third-order valence-electron chi connectivity index (χ3n) is 6.57. The lowest BCUT2D eigenvalue weighted by Crippen LogP contribution is -2.16. The Balaban J connectivity index is 1.87. The van der Waals surface area contributed by atoms with E-state index < -0.39 is 11.9 Å². The molecule has 0 amide bonds. The minimum Gasteiger partial charge on any atom is -0.289 e. The zero-order chi connectivity index (χ0) is 28.1. The van der Waals surface area contributed by atoms with Crippen LogP contribution in [0.15, 0.2) is 48.5 Å². The highest BCUT2D eigenvalue weighted by atomic mass is 17.3. The lowest BCUT2D eigenvalue weighted by Gasteiger charge is -2.14. The number of hydrogen-bond acceptors (Lipinski definition) is 6. The van der Waals surface area contributed by atoms with Gasteiger partial charge in [0.1, 0.15) is 0 Å². The van der Waals surface area contributed by atoms with Crippen molar-refractivity contribution in [2.45, 2.75) is 110 Å². The first-order valence-electron chi connectivity index (χ1n) is 14.7. The van der Waals surface area contributed by atoms with E-state index in [1.807, 2.05) is 24.3 Å². The topological polar surface area (TPSA) is 71.1 Å². The molecule has 2 rings (SSSR count). The Morgan fingerprint density at radius 3 is 1.44 bits per heavy atom. The lowest BCUT2D eigenvalue weighted by molar-refractivity contribution is -0.363. The molecule has 0 bridgehead atoms. The highest BCUT2D eigenvalue weighted by molar-refractivity contribution is 5.89. The zero-order valence-corrected chi connectivity index (χ0v) is 23.9. The summed E-state index contributed by atoms with van der Waals surface area (Å²) >= 11 is 0. The van der Waals surface area contributed by atoms with Crippen molar-refractivity contribution in [3.8, 4) is 0 Å². The van der Waals surface area contributed by atoms with Gasteiger partial charge in [-0.15, -0.1) is 9.78 Å². The average Bonchev–Trinajstić information content (AvgIpc) is 2.96. The fourth-order valence-corrected chi connectivity index (χ4v) is 4.11. The second-order valence-corrected chi connectivity index (χ2v) is 9.96. The van der Waals surface area contributed by atoms with Crippen LogP contribution >= 0.6 is 0 Å². The van der Waals surface area contributed by atoms with Gasteiger partial charge in [0.05, 0.1) is 11.1 Å². The Hall–Kier alpha value is -2.70. The average molecular weight is 539 g/mol. The highest BCUT2D eigenvalue weighted by Gasteiger charge is 2.21. The first-order chi connectivity index (χ1) is 19.1. The van der Waals surface area contributed by atoms with E-state index in [1.54, 1.807) is 24.3 Å². The summed E-state index contributed by atoms with van der Waals surface area (Å²) in [6.45, 7) is 8.21. The number of aryl methyl sites for hydroxylation is 2. The minimum absolute atomic E-state index is 0.0683. The van der Waals surface area contributed by atoms with Crippen molar-refractivity contribution in [3.05, 3.63) is 84.0 Å². The van der Waals surface area contributed by atoms with Gasteiger partial charge >= 0.3 is 18.2 Å². The number of hydrogen-bond donors (Lipinski definition) is 0. The molecule has 2 aromatic rings. The van der Waals surface area contributed by atoms with Crippen molar-refractivity contribution >= 4 is 11.9 Å². The molecule has 0 saturated heterocycles. The fraction of sp³-hybridized carbons (Fsp3) is 0.515. The van der Waals surface area contributed by atoms with Gasteiger partial charge < -0.3 is 0 Å². The molecule has 0 N–H and O–H groups in total. The van der Waals surface area contributed by atoms with Gasteiger partial charge in [-0.05, 0) is 67.5 Å². The highest BCUT2D eigenvalue weighted by Crippen LogP contribution is 2.20. The number of unbranched alkanes of at least 4 members (excludes halogenated alkanes) is 9. The predicted molar refractivity (Wildman–Crippen MR) is 153 cm³/mol. The first kappa shape index (κ1) is 32.5. The van der Waals surface area contributed by atoms with Crippen LogP contribution < -0.4 is 0 Å². The smallest absolute Gasteiger partial charge is 0.289 e. The standard InChI is InChI=1S/C33H46O6/c1-4-7-10-11-12-15-18-31(36-38-32(34)29-23-19-27(20-24-29)16-13-8-5-2)37-39-33(35)30-25-21-28(22-26-30)17-14-9-6-3/h19-26H,1,4-18H2,2-3H3. The Kier molecular flexibility index (Phi) is 16.9. The molecule has 0 unspecified atom stereocenters. The van der Waals surface area contributed by atoms with Gasteiger partial charge in [-0.1, -0.05) is 103 Å². The molecular formula is C33H46O6. The molecule has 0 atom stereocenters. The van der Waals surface area contributed by atoms with E-state index in [4.69, 9.17) is 19.6 Å². The second kappa shape index (κ2) is 20.2. The largest absolute Gasteiger partial charge is 0.373 e. The van der Waals surface area contributed by atoms with Crippen molar-refractivity contribution in [1.29, 1.82) is 0 Å². The van der Waals surface area contributed by atoms with Crippen LogP contribution in [0.2, 0.25) is 0 Å². The van der Waals surface area contributed by atoms with Crippen LogP contribution in [0.3, 0.4) is 0 Å². The van der Waals surface area contributed by atoms with Crippen molar-refractivity contribution in [2.75, 3.05) is 0 Å². The van der Waals surface area contributed by atoms with Gasteiger partial charge in [-0.25, -0.2) is 9.59 Å². The summed E-state index contributed by atoms with van der Waals surface area (Å²) in [4.78, 5) is 45.5. The van der Waals surface area contributed by atoms with Crippen molar-refractivity contribution in [2.24, 2.45) is 0 Å². The van der Waals surface area contributed by atoms with Crippen LogP contribution in [-0.4, -0.2) is 11.9 Å². The van der Waals surface area contributed by atoms with E-state index in [1.165, 1.54) is 36.8 Å². The van der Waals surface area contributed by atoms with Crippen molar-refractivity contribution in [1.82, 2.24) is 0 Å². The second-order valence-electron chi connectivity index (χ2n) is 9.96. The molecule has 0 aliphatic rings. The molecular weight excluding hydrogens is 492 g/mol. The third-order valence-corrected chi connectivity index (χ3v) is 6.57. The Labute approximate surface area is 235 Å². The van der Waals surface area contributed by atoms with Crippen LogP contribution in [-0.2, 0) is 32.4 Å². The number of benzene rings is 2. The Morgan fingerprint density at radius 2 is 1.00 bits per heavy atom. The van der Waals surface area contributed by atoms with Gasteiger partial charge in [0.25, 0.3) is 0 Å². The maximum absolute atomic E-state index is 12.5. The fourth-order valence-electron chi connectivity index (χ4n) is 4.11. The summed E-state index contributed by atoms with van der Waals surface area (Å²) in [6.07, 6.45) is 15.0. The third kappa shape index (κ3) is 13.8. The van der Waals surface area contributed by atoms with Gasteiger partial charge in [-0.3, -0.25) is 9.78 Å². The van der Waals surface area contributed by atoms with E-state index in [9.17, 15) is 9.59 Å². The van der Waals surface area contributed by atoms with Crippen LogP contribution in [0.5, 0.6) is 0 Å². The molecule has 2 radical (unpaired) electrons. The van der Waals surface area contributed by atoms with Crippen molar-refractivity contribution < 1.29 is 29.1 Å². The van der Waals surface area contributed by atoms with Gasteiger partial charge in [0.2, 0.25) is 0 Å². The normalized spacial score (nSPS) is 11.1. The SMILES string of the molecule is [CH2]CCCCCCC[C](OOC(=O)c1ccc(CCCCC)cc1)OOC(=O)c1ccc(CCCCC)cc1. The van der Waals surface area contributed by atoms with Crippen LogP contribution in [0.1, 0.15) is 129 Å². The predicted octanol–water partition coefficient (Wildman–Crippen LogP) is 9.08. The number of rotatable bonds is 21. The molecule has 0 saturated carbocycles. The summed E-state index contributed by atoms with van der Waals surface area (Å²) in [6, 6.07) is 14.6. The maximum atomic E-state index is 12.5. The zero-order valence-electron chi connectivity index (χ0n) is 23.9. The van der Waals surface area contributed by atoms with E-state index in [0.717, 1.165) is 64.2 Å². The molecule has 214 valence electrons. The van der Waals surface area contributed by atoms with Gasteiger partial charge in [-0.2, -0.15) is 0 Å². The molecule has 39 heavy (non-hydrogen) atoms. The monoisotopic (exact) mass is 538 g/mol. The van der Waals surface area contributed by atoms with Crippen LogP contribution in [0.25, 0.3) is 0 Å². The van der Waals surface area contributed by atoms with E-state index in [0.29, 0.717) is 17.5 Å². The quantitative estimate of drug-likeness (QED) is 0.0897. The number of carbonyl (C=O) groups excluding carboxylic acids is 2. The minimum atomic E-state index is -0.642. The summed E-state index contributed by atoms with van der Waals surface area (Å²) in [5.74, 6) is -1.28. The molecule has 0 aliphatic carbocycles. The Bertz CT molecular complexity index is 853. The van der Waals surface area contributed by atoms with Gasteiger partial charge in [0.15, 0.2) is 0 Å². The van der Waals surface area contributed by atoms with E-state index in [-0.39, 0.29) is 6.29 Å². The molecule has 0 spiro atoms. The molecule has 6 heteroatoms. The summed E-state index contributed by atoms with van der Waals surface area (Å²) in [5.41, 5.74) is 3.10. The number of carbonyl (C=O) groups is 2. The molecule has 0 fully saturated rings. The van der Waals surface area contributed by atoms with Gasteiger partial charge in [0, 0.05) is 6.42 Å². The molecule has 0 aromatic heterocycles. The summed E-state index contributed by atoms with van der Waals surface area (Å²) < 4.78 is 0. The van der Waals surface area contributed by atoms with E-state index >= 15 is 0 Å². The molecule has 0 heterocycles. The summed E-state index contributed by atoms with van der Waals surface area (Å²) in [5, 5.41) is 0. The Morgan fingerprint density at radius 1 is 0.564 bits per heavy atom. The summed E-state index contributed by atoms with van der Waals surface area (Å²) in [7, 11) is 0. The van der Waals surface area contributed by atoms with Crippen molar-refractivity contribution in [3.63, 3.8) is 0 Å².